The Morgan fingerprint density at radius 1 is 1.05 bits per heavy atom. The third kappa shape index (κ3) is 2.23. The van der Waals surface area contributed by atoms with Gasteiger partial charge in [0, 0.05) is 12.0 Å². The number of hydrogen-bond acceptors (Lipinski definition) is 2. The maximum Gasteiger partial charge on any atom is 0.182 e. The molecule has 0 atom stereocenters. The van der Waals surface area contributed by atoms with Crippen molar-refractivity contribution in [2.45, 2.75) is 19.9 Å². The number of benzene rings is 2. The van der Waals surface area contributed by atoms with Crippen molar-refractivity contribution in [2.24, 2.45) is 0 Å². The topological polar surface area (TPSA) is 34.9 Å². The number of rotatable bonds is 4. The van der Waals surface area contributed by atoms with Gasteiger partial charge in [0.2, 0.25) is 0 Å². The average molecular weight is 264 g/mol. The van der Waals surface area contributed by atoms with E-state index in [2.05, 4.69) is 11.9 Å². The quantitative estimate of drug-likeness (QED) is 0.676. The van der Waals surface area contributed by atoms with Crippen LogP contribution in [0.1, 0.15) is 23.1 Å². The van der Waals surface area contributed by atoms with Crippen LogP contribution in [0.2, 0.25) is 0 Å². The van der Waals surface area contributed by atoms with E-state index in [1.165, 1.54) is 0 Å². The number of hydrogen-bond donors (Lipinski definition) is 0. The number of aryl methyl sites for hydroxylation is 1. The predicted octanol–water partition coefficient (Wildman–Crippen LogP) is 3.48. The van der Waals surface area contributed by atoms with Gasteiger partial charge in [-0.1, -0.05) is 49.4 Å². The molecule has 3 rings (SSSR count). The zero-order valence-corrected chi connectivity index (χ0v) is 11.4. The molecule has 1 heterocycles. The van der Waals surface area contributed by atoms with Crippen LogP contribution in [-0.2, 0) is 13.0 Å². The normalized spacial score (nSPS) is 10.8. The standard InChI is InChI=1S/C17H16N2O/c1-2-17-18-14-10-6-7-11-15(14)19(17)12-16(20)13-8-4-3-5-9-13/h3-11H,2,12H2,1H3. The molecule has 0 N–H and O–H groups in total. The number of para-hydroxylation sites is 2. The molecule has 0 aliphatic carbocycles. The summed E-state index contributed by atoms with van der Waals surface area (Å²) in [6, 6.07) is 17.4. The maximum atomic E-state index is 12.4. The van der Waals surface area contributed by atoms with E-state index in [1.54, 1.807) is 0 Å². The van der Waals surface area contributed by atoms with E-state index in [0.717, 1.165) is 28.8 Å². The molecule has 3 nitrogen and oxygen atoms in total. The Kier molecular flexibility index (Phi) is 3.33. The summed E-state index contributed by atoms with van der Waals surface area (Å²) in [7, 11) is 0. The van der Waals surface area contributed by atoms with Crippen molar-refractivity contribution in [2.75, 3.05) is 0 Å². The van der Waals surface area contributed by atoms with Crippen molar-refractivity contribution >= 4 is 16.8 Å². The largest absolute Gasteiger partial charge is 0.320 e. The highest BCUT2D eigenvalue weighted by Gasteiger charge is 2.13. The van der Waals surface area contributed by atoms with Crippen LogP contribution in [0.5, 0.6) is 0 Å². The van der Waals surface area contributed by atoms with Gasteiger partial charge in [-0.3, -0.25) is 4.79 Å². The Morgan fingerprint density at radius 3 is 2.50 bits per heavy atom. The first-order valence-corrected chi connectivity index (χ1v) is 6.82. The molecule has 0 amide bonds. The molecule has 0 radical (unpaired) electrons. The number of nitrogens with zero attached hydrogens (tertiary/aromatic N) is 2. The van der Waals surface area contributed by atoms with Crippen LogP contribution in [0.3, 0.4) is 0 Å². The summed E-state index contributed by atoms with van der Waals surface area (Å²) in [6.07, 6.45) is 0.816. The van der Waals surface area contributed by atoms with Crippen LogP contribution in [0, 0.1) is 0 Å². The van der Waals surface area contributed by atoms with Gasteiger partial charge in [-0.2, -0.15) is 0 Å². The minimum atomic E-state index is 0.114. The van der Waals surface area contributed by atoms with E-state index in [-0.39, 0.29) is 5.78 Å². The number of Topliss-reactive ketones (excluding diaryl/α,β-unsaturated/α-hetero) is 1. The predicted molar refractivity (Wildman–Crippen MR) is 79.9 cm³/mol. The molecular weight excluding hydrogens is 248 g/mol. The molecule has 0 saturated carbocycles. The van der Waals surface area contributed by atoms with Gasteiger partial charge >= 0.3 is 0 Å². The van der Waals surface area contributed by atoms with Crippen LogP contribution in [0.4, 0.5) is 0 Å². The van der Waals surface area contributed by atoms with E-state index in [0.29, 0.717) is 6.54 Å². The Labute approximate surface area is 117 Å². The van der Waals surface area contributed by atoms with Crippen LogP contribution < -0.4 is 0 Å². The molecule has 0 unspecified atom stereocenters. The monoisotopic (exact) mass is 264 g/mol. The third-order valence-electron chi connectivity index (χ3n) is 3.45. The van der Waals surface area contributed by atoms with Crippen molar-refractivity contribution in [3.63, 3.8) is 0 Å². The smallest absolute Gasteiger partial charge is 0.182 e. The Balaban J connectivity index is 2.00. The second-order valence-electron chi connectivity index (χ2n) is 4.75. The van der Waals surface area contributed by atoms with Gasteiger partial charge in [0.1, 0.15) is 5.82 Å². The Hall–Kier alpha value is -2.42. The number of ketones is 1. The van der Waals surface area contributed by atoms with Crippen LogP contribution in [0.15, 0.2) is 54.6 Å². The van der Waals surface area contributed by atoms with Crippen molar-refractivity contribution in [3.8, 4) is 0 Å². The summed E-state index contributed by atoms with van der Waals surface area (Å²) >= 11 is 0. The lowest BCUT2D eigenvalue weighted by Gasteiger charge is -2.07. The number of aromatic nitrogens is 2. The van der Waals surface area contributed by atoms with E-state index in [1.807, 2.05) is 59.2 Å². The molecule has 2 aromatic carbocycles. The fourth-order valence-electron chi connectivity index (χ4n) is 2.43. The number of imidazole rings is 1. The Bertz CT molecular complexity index is 744. The second-order valence-corrected chi connectivity index (χ2v) is 4.75. The molecular formula is C17H16N2O. The Morgan fingerprint density at radius 2 is 1.75 bits per heavy atom. The molecule has 100 valence electrons. The molecule has 3 heteroatoms. The lowest BCUT2D eigenvalue weighted by Crippen LogP contribution is -2.12. The lowest BCUT2D eigenvalue weighted by atomic mass is 10.1. The van der Waals surface area contributed by atoms with E-state index in [9.17, 15) is 4.79 Å². The first-order valence-electron chi connectivity index (χ1n) is 6.82. The molecule has 3 aromatic rings. The summed E-state index contributed by atoms with van der Waals surface area (Å²) in [4.78, 5) is 17.0. The summed E-state index contributed by atoms with van der Waals surface area (Å²) in [6.45, 7) is 2.40. The minimum absolute atomic E-state index is 0.114. The summed E-state index contributed by atoms with van der Waals surface area (Å²) in [5.74, 6) is 1.07. The van der Waals surface area contributed by atoms with Crippen molar-refractivity contribution in [3.05, 3.63) is 66.0 Å². The molecule has 20 heavy (non-hydrogen) atoms. The molecule has 0 aliphatic rings. The molecule has 0 spiro atoms. The first kappa shape index (κ1) is 12.6. The highest BCUT2D eigenvalue weighted by atomic mass is 16.1. The highest BCUT2D eigenvalue weighted by molar-refractivity contribution is 5.96. The highest BCUT2D eigenvalue weighted by Crippen LogP contribution is 2.17. The molecule has 1 aromatic heterocycles. The molecule has 0 bridgehead atoms. The lowest BCUT2D eigenvalue weighted by molar-refractivity contribution is 0.0972. The van der Waals surface area contributed by atoms with Gasteiger partial charge < -0.3 is 4.57 Å². The third-order valence-corrected chi connectivity index (χ3v) is 3.45. The van der Waals surface area contributed by atoms with Crippen molar-refractivity contribution in [1.29, 1.82) is 0 Å². The number of carbonyl (C=O) groups excluding carboxylic acids is 1. The summed E-state index contributed by atoms with van der Waals surface area (Å²) in [5, 5.41) is 0. The first-order chi connectivity index (χ1) is 9.79. The fraction of sp³-hybridized carbons (Fsp3) is 0.176. The van der Waals surface area contributed by atoms with Gasteiger partial charge in [0.25, 0.3) is 0 Å². The van der Waals surface area contributed by atoms with Gasteiger partial charge in [-0.15, -0.1) is 0 Å². The van der Waals surface area contributed by atoms with Crippen LogP contribution in [-0.4, -0.2) is 15.3 Å². The average Bonchev–Trinajstić information content (AvgIpc) is 2.86. The number of fused-ring (bicyclic) bond motifs is 1. The maximum absolute atomic E-state index is 12.4. The van der Waals surface area contributed by atoms with Crippen molar-refractivity contribution < 1.29 is 4.79 Å². The van der Waals surface area contributed by atoms with E-state index >= 15 is 0 Å². The number of carbonyl (C=O) groups is 1. The zero-order valence-electron chi connectivity index (χ0n) is 11.4. The van der Waals surface area contributed by atoms with Gasteiger partial charge in [0.15, 0.2) is 5.78 Å². The van der Waals surface area contributed by atoms with E-state index in [4.69, 9.17) is 0 Å². The fourth-order valence-corrected chi connectivity index (χ4v) is 2.43. The summed E-state index contributed by atoms with van der Waals surface area (Å²) in [5.41, 5.74) is 2.71. The van der Waals surface area contributed by atoms with Gasteiger partial charge in [-0.25, -0.2) is 4.98 Å². The molecule has 0 aliphatic heterocycles. The SMILES string of the molecule is CCc1nc2ccccc2n1CC(=O)c1ccccc1. The van der Waals surface area contributed by atoms with Crippen LogP contribution in [0.25, 0.3) is 11.0 Å². The molecule has 0 saturated heterocycles. The van der Waals surface area contributed by atoms with Crippen molar-refractivity contribution in [1.82, 2.24) is 9.55 Å². The molecule has 0 fully saturated rings. The second kappa shape index (κ2) is 5.29. The van der Waals surface area contributed by atoms with Gasteiger partial charge in [0.05, 0.1) is 17.6 Å². The van der Waals surface area contributed by atoms with Gasteiger partial charge in [-0.05, 0) is 12.1 Å². The minimum Gasteiger partial charge on any atom is -0.320 e. The zero-order chi connectivity index (χ0) is 13.9. The summed E-state index contributed by atoms with van der Waals surface area (Å²) < 4.78 is 2.02. The van der Waals surface area contributed by atoms with E-state index < -0.39 is 0 Å². The van der Waals surface area contributed by atoms with Crippen LogP contribution >= 0.6 is 0 Å².